The van der Waals surface area contributed by atoms with Crippen LogP contribution in [0.4, 0.5) is 5.69 Å². The Kier molecular flexibility index (Phi) is 5.61. The fourth-order valence-electron chi connectivity index (χ4n) is 1.94. The Morgan fingerprint density at radius 3 is 2.30 bits per heavy atom. The summed E-state index contributed by atoms with van der Waals surface area (Å²) < 4.78 is 0. The van der Waals surface area contributed by atoms with E-state index < -0.39 is 0 Å². The third-order valence-corrected chi connectivity index (χ3v) is 3.56. The lowest BCUT2D eigenvalue weighted by Crippen LogP contribution is -2.39. The van der Waals surface area contributed by atoms with Gasteiger partial charge >= 0.3 is 0 Å². The van der Waals surface area contributed by atoms with Crippen LogP contribution in [0.2, 0.25) is 0 Å². The summed E-state index contributed by atoms with van der Waals surface area (Å²) in [6, 6.07) is 8.36. The molecule has 0 aliphatic heterocycles. The zero-order valence-corrected chi connectivity index (χ0v) is 13.6. The summed E-state index contributed by atoms with van der Waals surface area (Å²) in [6.45, 7) is 13.1. The van der Waals surface area contributed by atoms with E-state index in [0.29, 0.717) is 12.5 Å². The molecule has 1 aromatic carbocycles. The number of benzene rings is 1. The van der Waals surface area contributed by atoms with Crippen molar-refractivity contribution in [1.82, 2.24) is 5.32 Å². The third kappa shape index (κ3) is 4.87. The number of para-hydroxylation sites is 1. The van der Waals surface area contributed by atoms with E-state index in [-0.39, 0.29) is 17.4 Å². The van der Waals surface area contributed by atoms with Gasteiger partial charge in [-0.3, -0.25) is 4.79 Å². The van der Waals surface area contributed by atoms with Crippen molar-refractivity contribution in [3.05, 3.63) is 29.8 Å². The van der Waals surface area contributed by atoms with Crippen molar-refractivity contribution < 1.29 is 4.79 Å². The molecule has 1 unspecified atom stereocenters. The van der Waals surface area contributed by atoms with E-state index in [1.807, 2.05) is 25.1 Å². The molecular formula is C17H28N2O. The van der Waals surface area contributed by atoms with Gasteiger partial charge in [-0.2, -0.15) is 0 Å². The molecule has 1 aromatic rings. The molecule has 1 amide bonds. The first-order valence-electron chi connectivity index (χ1n) is 7.34. The lowest BCUT2D eigenvalue weighted by atomic mass is 9.86. The maximum atomic E-state index is 11.9. The van der Waals surface area contributed by atoms with E-state index in [0.717, 1.165) is 5.69 Å². The van der Waals surface area contributed by atoms with Crippen LogP contribution in [0.15, 0.2) is 24.3 Å². The van der Waals surface area contributed by atoms with Crippen molar-refractivity contribution in [1.29, 1.82) is 0 Å². The van der Waals surface area contributed by atoms with Gasteiger partial charge in [0, 0.05) is 11.7 Å². The monoisotopic (exact) mass is 276 g/mol. The molecule has 0 aliphatic rings. The van der Waals surface area contributed by atoms with Crippen LogP contribution in [-0.2, 0) is 10.2 Å². The Morgan fingerprint density at radius 1 is 1.15 bits per heavy atom. The largest absolute Gasteiger partial charge is 0.376 e. The van der Waals surface area contributed by atoms with Crippen molar-refractivity contribution in [3.63, 3.8) is 0 Å². The van der Waals surface area contributed by atoms with Gasteiger partial charge in [0.25, 0.3) is 0 Å². The van der Waals surface area contributed by atoms with Crippen molar-refractivity contribution in [2.45, 2.75) is 53.0 Å². The van der Waals surface area contributed by atoms with Crippen LogP contribution in [0.25, 0.3) is 0 Å². The molecule has 112 valence electrons. The predicted octanol–water partition coefficient (Wildman–Crippen LogP) is 3.56. The van der Waals surface area contributed by atoms with E-state index >= 15 is 0 Å². The number of amides is 1. The Hall–Kier alpha value is -1.51. The molecule has 0 radical (unpaired) electrons. The number of hydrogen-bond donors (Lipinski definition) is 2. The molecule has 0 spiro atoms. The molecule has 0 fully saturated rings. The summed E-state index contributed by atoms with van der Waals surface area (Å²) in [5.74, 6) is 0.482. The van der Waals surface area contributed by atoms with Gasteiger partial charge < -0.3 is 10.6 Å². The molecule has 0 bridgehead atoms. The topological polar surface area (TPSA) is 41.1 Å². The van der Waals surface area contributed by atoms with Crippen LogP contribution in [0.1, 0.15) is 47.1 Å². The average molecular weight is 276 g/mol. The van der Waals surface area contributed by atoms with Crippen molar-refractivity contribution in [2.24, 2.45) is 5.92 Å². The fraction of sp³-hybridized carbons (Fsp3) is 0.588. The maximum Gasteiger partial charge on any atom is 0.239 e. The van der Waals surface area contributed by atoms with E-state index in [9.17, 15) is 4.79 Å². The average Bonchev–Trinajstić information content (AvgIpc) is 2.35. The lowest BCUT2D eigenvalue weighted by molar-refractivity contribution is -0.120. The number of rotatable bonds is 5. The molecular weight excluding hydrogens is 248 g/mol. The number of carbonyl (C=O) groups is 1. The minimum absolute atomic E-state index is 0.0370. The standard InChI is InChI=1S/C17H28N2O/c1-12(2)13(3)19-16(20)11-18-15-10-8-7-9-14(15)17(4,5)6/h7-10,12-13,18H,11H2,1-6H3,(H,19,20). The van der Waals surface area contributed by atoms with Gasteiger partial charge in [-0.1, -0.05) is 52.8 Å². The molecule has 1 rings (SSSR count). The number of hydrogen-bond acceptors (Lipinski definition) is 2. The van der Waals surface area contributed by atoms with E-state index in [1.54, 1.807) is 0 Å². The van der Waals surface area contributed by atoms with E-state index in [1.165, 1.54) is 5.56 Å². The van der Waals surface area contributed by atoms with Crippen LogP contribution in [0.5, 0.6) is 0 Å². The van der Waals surface area contributed by atoms with E-state index in [2.05, 4.69) is 51.3 Å². The van der Waals surface area contributed by atoms with Crippen LogP contribution in [0.3, 0.4) is 0 Å². The molecule has 0 aliphatic carbocycles. The van der Waals surface area contributed by atoms with Crippen LogP contribution in [-0.4, -0.2) is 18.5 Å². The van der Waals surface area contributed by atoms with Gasteiger partial charge in [-0.15, -0.1) is 0 Å². The van der Waals surface area contributed by atoms with Crippen LogP contribution in [0, 0.1) is 5.92 Å². The fourth-order valence-corrected chi connectivity index (χ4v) is 1.94. The lowest BCUT2D eigenvalue weighted by Gasteiger charge is -2.24. The van der Waals surface area contributed by atoms with Gasteiger partial charge in [0.2, 0.25) is 5.91 Å². The van der Waals surface area contributed by atoms with Gasteiger partial charge in [-0.25, -0.2) is 0 Å². The summed E-state index contributed by atoms with van der Waals surface area (Å²) in [6.07, 6.45) is 0. The van der Waals surface area contributed by atoms with Gasteiger partial charge in [0.15, 0.2) is 0 Å². The molecule has 0 aromatic heterocycles. The molecule has 1 atom stereocenters. The Bertz CT molecular complexity index is 447. The molecule has 20 heavy (non-hydrogen) atoms. The van der Waals surface area contributed by atoms with Crippen LogP contribution < -0.4 is 10.6 Å². The minimum atomic E-state index is 0.0370. The van der Waals surface area contributed by atoms with Gasteiger partial charge in [-0.05, 0) is 29.9 Å². The summed E-state index contributed by atoms with van der Waals surface area (Å²) in [5.41, 5.74) is 2.32. The predicted molar refractivity (Wildman–Crippen MR) is 86.1 cm³/mol. The summed E-state index contributed by atoms with van der Waals surface area (Å²) in [7, 11) is 0. The highest BCUT2D eigenvalue weighted by Crippen LogP contribution is 2.28. The SMILES string of the molecule is CC(C)C(C)NC(=O)CNc1ccccc1C(C)(C)C. The summed E-state index contributed by atoms with van der Waals surface area (Å²) in [4.78, 5) is 11.9. The molecule has 2 N–H and O–H groups in total. The highest BCUT2D eigenvalue weighted by atomic mass is 16.1. The van der Waals surface area contributed by atoms with Crippen molar-refractivity contribution in [3.8, 4) is 0 Å². The summed E-state index contributed by atoms with van der Waals surface area (Å²) >= 11 is 0. The Balaban J connectivity index is 2.65. The maximum absolute atomic E-state index is 11.9. The second-order valence-electron chi connectivity index (χ2n) is 6.75. The second-order valence-corrected chi connectivity index (χ2v) is 6.75. The first-order chi connectivity index (χ1) is 9.21. The van der Waals surface area contributed by atoms with Crippen LogP contribution >= 0.6 is 0 Å². The molecule has 3 heteroatoms. The zero-order chi connectivity index (χ0) is 15.3. The number of nitrogens with one attached hydrogen (secondary N) is 2. The highest BCUT2D eigenvalue weighted by molar-refractivity contribution is 5.81. The molecule has 0 heterocycles. The molecule has 0 saturated carbocycles. The zero-order valence-electron chi connectivity index (χ0n) is 13.6. The summed E-state index contributed by atoms with van der Waals surface area (Å²) in [5, 5.41) is 6.26. The second kappa shape index (κ2) is 6.78. The normalized spacial score (nSPS) is 13.2. The number of carbonyl (C=O) groups excluding carboxylic acids is 1. The first kappa shape index (κ1) is 16.5. The first-order valence-corrected chi connectivity index (χ1v) is 7.34. The van der Waals surface area contributed by atoms with E-state index in [4.69, 9.17) is 0 Å². The Morgan fingerprint density at radius 2 is 1.75 bits per heavy atom. The Labute approximate surface area is 123 Å². The van der Waals surface area contributed by atoms with Gasteiger partial charge in [0.05, 0.1) is 6.54 Å². The van der Waals surface area contributed by atoms with Gasteiger partial charge in [0.1, 0.15) is 0 Å². The van der Waals surface area contributed by atoms with Crippen molar-refractivity contribution in [2.75, 3.05) is 11.9 Å². The molecule has 0 saturated heterocycles. The van der Waals surface area contributed by atoms with Crippen molar-refractivity contribution >= 4 is 11.6 Å². The molecule has 3 nitrogen and oxygen atoms in total. The highest BCUT2D eigenvalue weighted by Gasteiger charge is 2.18. The smallest absolute Gasteiger partial charge is 0.239 e. The minimum Gasteiger partial charge on any atom is -0.376 e. The number of anilines is 1. The quantitative estimate of drug-likeness (QED) is 0.863. The third-order valence-electron chi connectivity index (χ3n) is 3.56.